The number of Topliss-reactive ketones (excluding diaryl/α,β-unsaturated/α-hetero) is 1. The maximum atomic E-state index is 12.5. The molecule has 0 aliphatic carbocycles. The van der Waals surface area contributed by atoms with Crippen molar-refractivity contribution in [2.75, 3.05) is 0 Å². The number of aromatic nitrogens is 3. The number of benzene rings is 1. The third-order valence-electron chi connectivity index (χ3n) is 3.53. The van der Waals surface area contributed by atoms with Gasteiger partial charge in [-0.15, -0.1) is 5.10 Å². The number of thioether (sulfide) groups is 1. The Morgan fingerprint density at radius 2 is 1.91 bits per heavy atom. The minimum absolute atomic E-state index is 0.0947. The zero-order valence-electron chi connectivity index (χ0n) is 13.8. The van der Waals surface area contributed by atoms with Crippen LogP contribution in [0.4, 0.5) is 0 Å². The summed E-state index contributed by atoms with van der Waals surface area (Å²) in [5.74, 6) is 0.949. The molecule has 0 fully saturated rings. The Morgan fingerprint density at radius 1 is 1.27 bits per heavy atom. The second-order valence-electron chi connectivity index (χ2n) is 6.37. The fourth-order valence-corrected chi connectivity index (χ4v) is 2.89. The van der Waals surface area contributed by atoms with E-state index in [2.05, 4.69) is 36.0 Å². The molecular formula is C17H23N3OS. The third kappa shape index (κ3) is 3.97. The number of rotatable bonds is 5. The average molecular weight is 317 g/mol. The Morgan fingerprint density at radius 3 is 2.41 bits per heavy atom. The predicted molar refractivity (Wildman–Crippen MR) is 90.6 cm³/mol. The predicted octanol–water partition coefficient (Wildman–Crippen LogP) is 4.03. The molecule has 5 heteroatoms. The van der Waals surface area contributed by atoms with Gasteiger partial charge < -0.3 is 0 Å². The number of nitrogens with zero attached hydrogens (tertiary/aromatic N) is 2. The van der Waals surface area contributed by atoms with Crippen LogP contribution < -0.4 is 0 Å². The molecule has 1 unspecified atom stereocenters. The highest BCUT2D eigenvalue weighted by Crippen LogP contribution is 2.25. The first kappa shape index (κ1) is 16.7. The molecular weight excluding hydrogens is 294 g/mol. The minimum Gasteiger partial charge on any atom is -0.293 e. The molecule has 0 saturated heterocycles. The van der Waals surface area contributed by atoms with Gasteiger partial charge in [-0.2, -0.15) is 0 Å². The molecule has 4 nitrogen and oxygen atoms in total. The Kier molecular flexibility index (Phi) is 5.06. The summed E-state index contributed by atoms with van der Waals surface area (Å²) in [6.07, 6.45) is 0.810. The van der Waals surface area contributed by atoms with Crippen molar-refractivity contribution in [2.24, 2.45) is 0 Å². The van der Waals surface area contributed by atoms with E-state index >= 15 is 0 Å². The molecule has 0 aliphatic rings. The van der Waals surface area contributed by atoms with Crippen LogP contribution in [-0.2, 0) is 11.8 Å². The smallest absolute Gasteiger partial charge is 0.209 e. The second kappa shape index (κ2) is 6.65. The number of hydrogen-bond acceptors (Lipinski definition) is 4. The van der Waals surface area contributed by atoms with E-state index < -0.39 is 0 Å². The van der Waals surface area contributed by atoms with Gasteiger partial charge in [0.1, 0.15) is 5.82 Å². The summed E-state index contributed by atoms with van der Waals surface area (Å²) in [6, 6.07) is 7.89. The van der Waals surface area contributed by atoms with Crippen molar-refractivity contribution in [3.63, 3.8) is 0 Å². The van der Waals surface area contributed by atoms with E-state index in [4.69, 9.17) is 0 Å². The van der Waals surface area contributed by atoms with Gasteiger partial charge in [0.2, 0.25) is 5.16 Å². The normalized spacial score (nSPS) is 13.1. The summed E-state index contributed by atoms with van der Waals surface area (Å²) >= 11 is 1.39. The molecule has 118 valence electrons. The van der Waals surface area contributed by atoms with Gasteiger partial charge in [-0.1, -0.05) is 63.7 Å². The van der Waals surface area contributed by atoms with Crippen LogP contribution >= 0.6 is 11.8 Å². The van der Waals surface area contributed by atoms with Crippen LogP contribution in [-0.4, -0.2) is 26.2 Å². The molecule has 1 aromatic carbocycles. The van der Waals surface area contributed by atoms with Crippen molar-refractivity contribution in [3.8, 4) is 0 Å². The molecule has 0 radical (unpaired) electrons. The highest BCUT2D eigenvalue weighted by Gasteiger charge is 2.20. The van der Waals surface area contributed by atoms with E-state index in [0.29, 0.717) is 5.16 Å². The van der Waals surface area contributed by atoms with Crippen molar-refractivity contribution in [1.29, 1.82) is 0 Å². The first-order chi connectivity index (χ1) is 10.3. The van der Waals surface area contributed by atoms with Gasteiger partial charge in [-0.05, 0) is 17.9 Å². The summed E-state index contributed by atoms with van der Waals surface area (Å²) < 4.78 is 0. The van der Waals surface area contributed by atoms with Gasteiger partial charge in [-0.3, -0.25) is 9.89 Å². The summed E-state index contributed by atoms with van der Waals surface area (Å²) in [6.45, 7) is 10.4. The molecule has 1 atom stereocenters. The Hall–Kier alpha value is -1.62. The van der Waals surface area contributed by atoms with Crippen LogP contribution in [0.5, 0.6) is 0 Å². The molecule has 0 saturated carbocycles. The van der Waals surface area contributed by atoms with Crippen molar-refractivity contribution in [1.82, 2.24) is 15.2 Å². The first-order valence-corrected chi connectivity index (χ1v) is 8.42. The number of nitrogens with one attached hydrogen (secondary N) is 1. The highest BCUT2D eigenvalue weighted by atomic mass is 32.2. The number of carbonyl (C=O) groups is 1. The third-order valence-corrected chi connectivity index (χ3v) is 4.49. The van der Waals surface area contributed by atoms with Crippen molar-refractivity contribution in [2.45, 2.75) is 56.9 Å². The Labute approximate surface area is 136 Å². The molecule has 2 aromatic rings. The number of hydrogen-bond donors (Lipinski definition) is 1. The van der Waals surface area contributed by atoms with Crippen LogP contribution in [0.1, 0.15) is 56.4 Å². The largest absolute Gasteiger partial charge is 0.293 e. The summed E-state index contributed by atoms with van der Waals surface area (Å²) in [4.78, 5) is 16.8. The van der Waals surface area contributed by atoms with E-state index in [1.807, 2.05) is 38.1 Å². The molecule has 0 bridgehead atoms. The lowest BCUT2D eigenvalue weighted by molar-refractivity contribution is 0.0994. The molecule has 1 heterocycles. The topological polar surface area (TPSA) is 58.6 Å². The van der Waals surface area contributed by atoms with Crippen LogP contribution in [0.15, 0.2) is 29.4 Å². The van der Waals surface area contributed by atoms with Crippen molar-refractivity contribution in [3.05, 3.63) is 41.2 Å². The van der Waals surface area contributed by atoms with E-state index in [1.165, 1.54) is 17.3 Å². The summed E-state index contributed by atoms with van der Waals surface area (Å²) in [7, 11) is 0. The molecule has 1 N–H and O–H groups in total. The maximum Gasteiger partial charge on any atom is 0.209 e. The lowest BCUT2D eigenvalue weighted by Crippen LogP contribution is -2.15. The monoisotopic (exact) mass is 317 g/mol. The van der Waals surface area contributed by atoms with Crippen molar-refractivity contribution < 1.29 is 4.79 Å². The van der Waals surface area contributed by atoms with E-state index in [0.717, 1.165) is 17.8 Å². The minimum atomic E-state index is -0.207. The molecule has 0 aliphatic heterocycles. The second-order valence-corrected chi connectivity index (χ2v) is 7.68. The van der Waals surface area contributed by atoms with Crippen LogP contribution in [0.3, 0.4) is 0 Å². The maximum absolute atomic E-state index is 12.5. The molecule has 22 heavy (non-hydrogen) atoms. The number of aromatic amines is 1. The van der Waals surface area contributed by atoms with Gasteiger partial charge >= 0.3 is 0 Å². The van der Waals surface area contributed by atoms with Crippen LogP contribution in [0.25, 0.3) is 0 Å². The highest BCUT2D eigenvalue weighted by molar-refractivity contribution is 8.00. The van der Waals surface area contributed by atoms with Gasteiger partial charge in [0, 0.05) is 12.0 Å². The number of ketones is 1. The van der Waals surface area contributed by atoms with Gasteiger partial charge in [-0.25, -0.2) is 4.98 Å². The van der Waals surface area contributed by atoms with Crippen LogP contribution in [0.2, 0.25) is 0 Å². The fourth-order valence-electron chi connectivity index (χ4n) is 2.07. The van der Waals surface area contributed by atoms with Crippen molar-refractivity contribution >= 4 is 17.5 Å². The number of aryl methyl sites for hydroxylation is 1. The van der Waals surface area contributed by atoms with E-state index in [9.17, 15) is 4.79 Å². The summed E-state index contributed by atoms with van der Waals surface area (Å²) in [5, 5.41) is 7.42. The zero-order valence-corrected chi connectivity index (χ0v) is 14.6. The molecule has 2 rings (SSSR count). The number of H-pyrrole nitrogens is 1. The first-order valence-electron chi connectivity index (χ1n) is 7.54. The standard InChI is InChI=1S/C17H23N3OS/c1-6-14-18-16(20-19-14)22-11(2)15(21)12-7-9-13(10-8-12)17(3,4)5/h7-11H,6H2,1-5H3,(H,18,19,20). The molecule has 1 aromatic heterocycles. The van der Waals surface area contributed by atoms with Gasteiger partial charge in [0.15, 0.2) is 5.78 Å². The van der Waals surface area contributed by atoms with E-state index in [1.54, 1.807) is 0 Å². The summed E-state index contributed by atoms with van der Waals surface area (Å²) in [5.41, 5.74) is 2.06. The fraction of sp³-hybridized carbons (Fsp3) is 0.471. The van der Waals surface area contributed by atoms with E-state index in [-0.39, 0.29) is 16.4 Å². The van der Waals surface area contributed by atoms with Gasteiger partial charge in [0.05, 0.1) is 5.25 Å². The van der Waals surface area contributed by atoms with Crippen LogP contribution in [0, 0.1) is 0 Å². The lowest BCUT2D eigenvalue weighted by atomic mass is 9.86. The lowest BCUT2D eigenvalue weighted by Gasteiger charge is -2.19. The SMILES string of the molecule is CCc1nc(SC(C)C(=O)c2ccc(C(C)(C)C)cc2)n[nH]1. The quantitative estimate of drug-likeness (QED) is 0.668. The zero-order chi connectivity index (χ0) is 16.3. The number of carbonyl (C=O) groups excluding carboxylic acids is 1. The average Bonchev–Trinajstić information content (AvgIpc) is 2.93. The molecule has 0 spiro atoms. The van der Waals surface area contributed by atoms with Gasteiger partial charge in [0.25, 0.3) is 0 Å². The Bertz CT molecular complexity index is 641. The molecule has 0 amide bonds. The Balaban J connectivity index is 2.06.